The number of anilines is 1. The first-order valence-electron chi connectivity index (χ1n) is 8.49. The van der Waals surface area contributed by atoms with Crippen LogP contribution in [0.25, 0.3) is 11.3 Å². The number of amides is 1. The third-order valence-electron chi connectivity index (χ3n) is 3.88. The van der Waals surface area contributed by atoms with Gasteiger partial charge >= 0.3 is 0 Å². The largest absolute Gasteiger partial charge is 0.398 e. The molecule has 3 aromatic rings. The maximum absolute atomic E-state index is 12.9. The smallest absolute Gasteiger partial charge is 0.278 e. The van der Waals surface area contributed by atoms with E-state index in [9.17, 15) is 14.0 Å². The highest BCUT2D eigenvalue weighted by molar-refractivity contribution is 7.99. The van der Waals surface area contributed by atoms with Crippen LogP contribution in [0.15, 0.2) is 58.5 Å². The number of aromatic nitrogens is 3. The predicted octanol–water partition coefficient (Wildman–Crippen LogP) is 2.00. The van der Waals surface area contributed by atoms with Gasteiger partial charge in [-0.25, -0.2) is 4.39 Å². The van der Waals surface area contributed by atoms with E-state index >= 15 is 0 Å². The van der Waals surface area contributed by atoms with Gasteiger partial charge in [0.25, 0.3) is 5.56 Å². The van der Waals surface area contributed by atoms with Crippen LogP contribution in [0.1, 0.15) is 5.56 Å². The number of rotatable bonds is 7. The van der Waals surface area contributed by atoms with E-state index in [0.717, 1.165) is 17.3 Å². The van der Waals surface area contributed by atoms with Gasteiger partial charge in [-0.05, 0) is 30.2 Å². The molecule has 0 saturated carbocycles. The summed E-state index contributed by atoms with van der Waals surface area (Å²) in [7, 11) is 0. The summed E-state index contributed by atoms with van der Waals surface area (Å²) in [5, 5.41) is 10.9. The number of nitrogens with one attached hydrogen (secondary N) is 2. The highest BCUT2D eigenvalue weighted by atomic mass is 32.2. The number of benzene rings is 2. The standard InChI is InChI=1S/C19H18FN5O2S/c20-13-7-5-12(6-8-13)9-10-22-16(26)11-28-19-23-18(27)17(24-25-19)14-3-1-2-4-15(14)21/h1-8H,9-11,21H2,(H,22,26)(H,23,25,27). The maximum Gasteiger partial charge on any atom is 0.278 e. The van der Waals surface area contributed by atoms with E-state index in [4.69, 9.17) is 5.73 Å². The minimum absolute atomic E-state index is 0.0842. The van der Waals surface area contributed by atoms with Crippen LogP contribution < -0.4 is 16.6 Å². The zero-order chi connectivity index (χ0) is 19.9. The van der Waals surface area contributed by atoms with Gasteiger partial charge in [-0.3, -0.25) is 14.6 Å². The van der Waals surface area contributed by atoms with Crippen LogP contribution in [0.4, 0.5) is 10.1 Å². The fraction of sp³-hybridized carbons (Fsp3) is 0.158. The van der Waals surface area contributed by atoms with Gasteiger partial charge in [-0.1, -0.05) is 42.1 Å². The second-order valence-corrected chi connectivity index (χ2v) is 6.87. The number of hydrogen-bond acceptors (Lipinski definition) is 6. The van der Waals surface area contributed by atoms with Crippen LogP contribution in [0.5, 0.6) is 0 Å². The molecular formula is C19H18FN5O2S. The molecule has 9 heteroatoms. The number of aromatic amines is 1. The topological polar surface area (TPSA) is 114 Å². The van der Waals surface area contributed by atoms with E-state index < -0.39 is 5.56 Å². The molecule has 0 aliphatic heterocycles. The monoisotopic (exact) mass is 399 g/mol. The Kier molecular flexibility index (Phi) is 6.38. The van der Waals surface area contributed by atoms with Crippen molar-refractivity contribution < 1.29 is 9.18 Å². The van der Waals surface area contributed by atoms with Crippen LogP contribution in [0.2, 0.25) is 0 Å². The fourth-order valence-electron chi connectivity index (χ4n) is 2.46. The Labute approximate surface area is 164 Å². The number of carbonyl (C=O) groups excluding carboxylic acids is 1. The molecule has 0 unspecified atom stereocenters. The van der Waals surface area contributed by atoms with Gasteiger partial charge in [0.2, 0.25) is 5.91 Å². The molecule has 0 atom stereocenters. The Morgan fingerprint density at radius 2 is 1.89 bits per heavy atom. The van der Waals surface area contributed by atoms with Gasteiger partial charge in [-0.2, -0.15) is 0 Å². The lowest BCUT2D eigenvalue weighted by molar-refractivity contribution is -0.118. The number of nitrogens with zero attached hydrogens (tertiary/aromatic N) is 2. The second kappa shape index (κ2) is 9.14. The van der Waals surface area contributed by atoms with Crippen molar-refractivity contribution in [2.45, 2.75) is 11.6 Å². The lowest BCUT2D eigenvalue weighted by Gasteiger charge is -2.06. The quantitative estimate of drug-likeness (QED) is 0.414. The average molecular weight is 399 g/mol. The molecule has 7 nitrogen and oxygen atoms in total. The summed E-state index contributed by atoms with van der Waals surface area (Å²) in [6, 6.07) is 13.0. The molecule has 0 radical (unpaired) electrons. The van der Waals surface area contributed by atoms with E-state index in [-0.39, 0.29) is 28.3 Å². The van der Waals surface area contributed by atoms with Gasteiger partial charge in [0.1, 0.15) is 5.82 Å². The van der Waals surface area contributed by atoms with Gasteiger partial charge < -0.3 is 11.1 Å². The van der Waals surface area contributed by atoms with E-state index in [0.29, 0.717) is 24.2 Å². The molecule has 2 aromatic carbocycles. The average Bonchev–Trinajstić information content (AvgIpc) is 2.69. The number of hydrogen-bond donors (Lipinski definition) is 3. The van der Waals surface area contributed by atoms with E-state index in [1.807, 2.05) is 0 Å². The minimum atomic E-state index is -0.424. The molecule has 0 aliphatic rings. The van der Waals surface area contributed by atoms with Crippen molar-refractivity contribution >= 4 is 23.4 Å². The minimum Gasteiger partial charge on any atom is -0.398 e. The molecule has 0 saturated heterocycles. The molecule has 0 aliphatic carbocycles. The molecule has 0 fully saturated rings. The van der Waals surface area contributed by atoms with Crippen LogP contribution in [0.3, 0.4) is 0 Å². The van der Waals surface area contributed by atoms with E-state index in [1.165, 1.54) is 12.1 Å². The van der Waals surface area contributed by atoms with Crippen molar-refractivity contribution in [3.8, 4) is 11.3 Å². The Morgan fingerprint density at radius 3 is 2.61 bits per heavy atom. The zero-order valence-electron chi connectivity index (χ0n) is 14.8. The van der Waals surface area contributed by atoms with Gasteiger partial charge in [0, 0.05) is 17.8 Å². The first kappa shape index (κ1) is 19.6. The molecule has 1 aromatic heterocycles. The van der Waals surface area contributed by atoms with Crippen molar-refractivity contribution in [2.75, 3.05) is 18.0 Å². The summed E-state index contributed by atoms with van der Waals surface area (Å²) < 4.78 is 12.9. The third-order valence-corrected chi connectivity index (χ3v) is 4.75. The fourth-order valence-corrected chi connectivity index (χ4v) is 3.09. The van der Waals surface area contributed by atoms with Gasteiger partial charge in [0.05, 0.1) is 5.75 Å². The van der Waals surface area contributed by atoms with Crippen LogP contribution in [-0.2, 0) is 11.2 Å². The summed E-state index contributed by atoms with van der Waals surface area (Å²) in [6.07, 6.45) is 0.598. The van der Waals surface area contributed by atoms with Crippen molar-refractivity contribution in [3.05, 3.63) is 70.3 Å². The predicted molar refractivity (Wildman–Crippen MR) is 106 cm³/mol. The number of nitrogens with two attached hydrogens (primary N) is 1. The summed E-state index contributed by atoms with van der Waals surface area (Å²) in [5.74, 6) is -0.410. The highest BCUT2D eigenvalue weighted by Crippen LogP contribution is 2.20. The third kappa shape index (κ3) is 5.17. The summed E-state index contributed by atoms with van der Waals surface area (Å²) in [6.45, 7) is 0.430. The van der Waals surface area contributed by atoms with Crippen LogP contribution >= 0.6 is 11.8 Å². The van der Waals surface area contributed by atoms with Crippen LogP contribution in [0, 0.1) is 5.82 Å². The SMILES string of the molecule is Nc1ccccc1-c1nnc(SCC(=O)NCCc2ccc(F)cc2)[nH]c1=O. The maximum atomic E-state index is 12.9. The van der Waals surface area contributed by atoms with Crippen LogP contribution in [-0.4, -0.2) is 33.4 Å². The number of nitrogen functional groups attached to an aromatic ring is 1. The first-order chi connectivity index (χ1) is 13.5. The van der Waals surface area contributed by atoms with E-state index in [1.54, 1.807) is 36.4 Å². The van der Waals surface area contributed by atoms with Gasteiger partial charge in [0.15, 0.2) is 10.9 Å². The highest BCUT2D eigenvalue weighted by Gasteiger charge is 2.11. The number of para-hydroxylation sites is 1. The summed E-state index contributed by atoms with van der Waals surface area (Å²) >= 11 is 1.08. The Balaban J connectivity index is 1.51. The molecule has 1 heterocycles. The molecule has 28 heavy (non-hydrogen) atoms. The zero-order valence-corrected chi connectivity index (χ0v) is 15.6. The van der Waals surface area contributed by atoms with E-state index in [2.05, 4.69) is 20.5 Å². The van der Waals surface area contributed by atoms with Gasteiger partial charge in [-0.15, -0.1) is 10.2 Å². The molecular weight excluding hydrogens is 381 g/mol. The molecule has 0 bridgehead atoms. The van der Waals surface area contributed by atoms with Crippen molar-refractivity contribution in [2.24, 2.45) is 0 Å². The molecule has 1 amide bonds. The molecule has 3 rings (SSSR count). The first-order valence-corrected chi connectivity index (χ1v) is 9.47. The Morgan fingerprint density at radius 1 is 1.14 bits per heavy atom. The number of carbonyl (C=O) groups is 1. The van der Waals surface area contributed by atoms with Crippen molar-refractivity contribution in [1.82, 2.24) is 20.5 Å². The summed E-state index contributed by atoms with van der Waals surface area (Å²) in [4.78, 5) is 26.8. The number of H-pyrrole nitrogens is 1. The molecule has 0 spiro atoms. The lowest BCUT2D eigenvalue weighted by Crippen LogP contribution is -2.27. The molecule has 4 N–H and O–H groups in total. The normalized spacial score (nSPS) is 10.6. The van der Waals surface area contributed by atoms with Crippen molar-refractivity contribution in [3.63, 3.8) is 0 Å². The Bertz CT molecular complexity index is 1020. The molecule has 144 valence electrons. The second-order valence-electron chi connectivity index (χ2n) is 5.91. The number of halogens is 1. The summed E-state index contributed by atoms with van der Waals surface area (Å²) in [5.41, 5.74) is 7.43. The lowest BCUT2D eigenvalue weighted by atomic mass is 10.1. The number of thioether (sulfide) groups is 1. The Hall–Kier alpha value is -3.20. The van der Waals surface area contributed by atoms with Crippen molar-refractivity contribution in [1.29, 1.82) is 0 Å².